The molecule has 2 atom stereocenters. The van der Waals surface area contributed by atoms with Gasteiger partial charge in [-0.2, -0.15) is 0 Å². The highest BCUT2D eigenvalue weighted by atomic mass is 32.2. The van der Waals surface area contributed by atoms with Gasteiger partial charge in [-0.25, -0.2) is 8.42 Å². The van der Waals surface area contributed by atoms with Gasteiger partial charge in [0, 0.05) is 38.5 Å². The molecule has 2 heterocycles. The van der Waals surface area contributed by atoms with Gasteiger partial charge in [-0.05, 0) is 32.1 Å². The molecule has 0 aliphatic carbocycles. The minimum absolute atomic E-state index is 0.0298. The molecule has 132 valence electrons. The van der Waals surface area contributed by atoms with Gasteiger partial charge >= 0.3 is 0 Å². The van der Waals surface area contributed by atoms with Crippen molar-refractivity contribution in [3.8, 4) is 0 Å². The van der Waals surface area contributed by atoms with Gasteiger partial charge in [0.05, 0.1) is 11.5 Å². The fourth-order valence-electron chi connectivity index (χ4n) is 3.73. The predicted octanol–water partition coefficient (Wildman–Crippen LogP) is 1.20. The molecule has 6 nitrogen and oxygen atoms in total. The number of carbonyl (C=O) groups excluding carboxylic acids is 2. The van der Waals surface area contributed by atoms with Crippen molar-refractivity contribution in [2.24, 2.45) is 0 Å². The quantitative estimate of drug-likeness (QED) is 0.751. The number of nitrogens with zero attached hydrogens (tertiary/aromatic N) is 2. The van der Waals surface area contributed by atoms with Crippen LogP contribution in [0.3, 0.4) is 0 Å². The van der Waals surface area contributed by atoms with Crippen LogP contribution in [0.15, 0.2) is 0 Å². The summed E-state index contributed by atoms with van der Waals surface area (Å²) in [6.45, 7) is 4.67. The van der Waals surface area contributed by atoms with Crippen LogP contribution < -0.4 is 0 Å². The highest BCUT2D eigenvalue weighted by Gasteiger charge is 2.34. The van der Waals surface area contributed by atoms with Crippen LogP contribution >= 0.6 is 0 Å². The van der Waals surface area contributed by atoms with Crippen molar-refractivity contribution in [2.45, 2.75) is 64.5 Å². The number of amides is 2. The van der Waals surface area contributed by atoms with E-state index in [-0.39, 0.29) is 35.8 Å². The highest BCUT2D eigenvalue weighted by molar-refractivity contribution is 7.91. The fraction of sp³-hybridized carbons (Fsp3) is 0.875. The number of hydrogen-bond donors (Lipinski definition) is 0. The van der Waals surface area contributed by atoms with Gasteiger partial charge in [0.25, 0.3) is 0 Å². The maximum absolute atomic E-state index is 12.5. The topological polar surface area (TPSA) is 74.8 Å². The van der Waals surface area contributed by atoms with Gasteiger partial charge in [0.2, 0.25) is 11.8 Å². The summed E-state index contributed by atoms with van der Waals surface area (Å²) in [6.07, 6.45) is 4.99. The van der Waals surface area contributed by atoms with E-state index in [0.717, 1.165) is 25.8 Å². The molecule has 2 aliphatic rings. The van der Waals surface area contributed by atoms with Gasteiger partial charge in [-0.15, -0.1) is 0 Å². The Balaban J connectivity index is 1.93. The second kappa shape index (κ2) is 7.64. The minimum atomic E-state index is -3.04. The molecule has 0 aromatic heterocycles. The minimum Gasteiger partial charge on any atom is -0.340 e. The SMILES string of the molecule is CCC1CCCCN1C(=O)CCN(C(C)=O)C1CCS(=O)(=O)C1. The summed E-state index contributed by atoms with van der Waals surface area (Å²) in [5.74, 6) is 0.107. The van der Waals surface area contributed by atoms with Crippen LogP contribution in [0.5, 0.6) is 0 Å². The first kappa shape index (κ1) is 18.2. The second-order valence-electron chi connectivity index (χ2n) is 6.66. The zero-order valence-electron chi connectivity index (χ0n) is 14.2. The number of piperidine rings is 1. The predicted molar refractivity (Wildman–Crippen MR) is 88.7 cm³/mol. The number of carbonyl (C=O) groups is 2. The Morgan fingerprint density at radius 1 is 1.22 bits per heavy atom. The molecule has 0 aromatic rings. The smallest absolute Gasteiger partial charge is 0.224 e. The molecule has 0 saturated carbocycles. The van der Waals surface area contributed by atoms with Crippen LogP contribution in [0.2, 0.25) is 0 Å². The van der Waals surface area contributed by atoms with Crippen molar-refractivity contribution in [2.75, 3.05) is 24.6 Å². The Labute approximate surface area is 139 Å². The maximum Gasteiger partial charge on any atom is 0.224 e. The van der Waals surface area contributed by atoms with E-state index < -0.39 is 9.84 Å². The third-order valence-corrected chi connectivity index (χ3v) is 6.79. The molecule has 2 unspecified atom stereocenters. The van der Waals surface area contributed by atoms with Gasteiger partial charge in [0.1, 0.15) is 0 Å². The lowest BCUT2D eigenvalue weighted by Gasteiger charge is -2.36. The third kappa shape index (κ3) is 4.68. The van der Waals surface area contributed by atoms with Crippen molar-refractivity contribution in [3.05, 3.63) is 0 Å². The van der Waals surface area contributed by atoms with Crippen LogP contribution in [0, 0.1) is 0 Å². The van der Waals surface area contributed by atoms with Gasteiger partial charge in [0.15, 0.2) is 9.84 Å². The van der Waals surface area contributed by atoms with Crippen LogP contribution in [-0.2, 0) is 19.4 Å². The van der Waals surface area contributed by atoms with Gasteiger partial charge in [-0.3, -0.25) is 9.59 Å². The average molecular weight is 344 g/mol. The number of sulfone groups is 1. The van der Waals surface area contributed by atoms with E-state index in [9.17, 15) is 18.0 Å². The van der Waals surface area contributed by atoms with Crippen LogP contribution in [0.25, 0.3) is 0 Å². The van der Waals surface area contributed by atoms with E-state index in [2.05, 4.69) is 6.92 Å². The summed E-state index contributed by atoms with van der Waals surface area (Å²) in [4.78, 5) is 27.9. The first-order valence-corrected chi connectivity index (χ1v) is 10.4. The molecule has 0 N–H and O–H groups in total. The molecule has 23 heavy (non-hydrogen) atoms. The highest BCUT2D eigenvalue weighted by Crippen LogP contribution is 2.22. The molecule has 0 radical (unpaired) electrons. The first-order chi connectivity index (χ1) is 10.8. The standard InChI is InChI=1S/C16H28N2O4S/c1-3-14-6-4-5-9-18(14)16(20)7-10-17(13(2)19)15-8-11-23(21,22)12-15/h14-15H,3-12H2,1-2H3. The fourth-order valence-corrected chi connectivity index (χ4v) is 5.46. The van der Waals surface area contributed by atoms with Crippen molar-refractivity contribution in [3.63, 3.8) is 0 Å². The zero-order valence-corrected chi connectivity index (χ0v) is 15.0. The lowest BCUT2D eigenvalue weighted by molar-refractivity contribution is -0.137. The van der Waals surface area contributed by atoms with E-state index in [1.165, 1.54) is 13.3 Å². The summed E-state index contributed by atoms with van der Waals surface area (Å²) in [6, 6.07) is 0.0440. The van der Waals surface area contributed by atoms with Crippen LogP contribution in [0.1, 0.15) is 52.4 Å². The number of rotatable bonds is 5. The normalized spacial score (nSPS) is 27.0. The zero-order chi connectivity index (χ0) is 17.0. The maximum atomic E-state index is 12.5. The number of likely N-dealkylation sites (tertiary alicyclic amines) is 1. The summed E-state index contributed by atoms with van der Waals surface area (Å²) < 4.78 is 23.2. The number of hydrogen-bond acceptors (Lipinski definition) is 4. The third-order valence-electron chi connectivity index (χ3n) is 5.04. The Kier molecular flexibility index (Phi) is 6.06. The first-order valence-electron chi connectivity index (χ1n) is 8.61. The van der Waals surface area contributed by atoms with E-state index in [0.29, 0.717) is 19.0 Å². The monoisotopic (exact) mass is 344 g/mol. The molecule has 0 aromatic carbocycles. The van der Waals surface area contributed by atoms with Crippen molar-refractivity contribution in [1.29, 1.82) is 0 Å². The summed E-state index contributed by atoms with van der Waals surface area (Å²) in [7, 11) is -3.04. The molecule has 2 saturated heterocycles. The lowest BCUT2D eigenvalue weighted by Crippen LogP contribution is -2.46. The largest absolute Gasteiger partial charge is 0.340 e. The summed E-state index contributed by atoms with van der Waals surface area (Å²) in [5, 5.41) is 0. The molecule has 2 amide bonds. The Morgan fingerprint density at radius 3 is 2.52 bits per heavy atom. The molecule has 2 aliphatic heterocycles. The van der Waals surface area contributed by atoms with Gasteiger partial charge < -0.3 is 9.80 Å². The Morgan fingerprint density at radius 2 is 1.96 bits per heavy atom. The van der Waals surface area contributed by atoms with Crippen molar-refractivity contribution in [1.82, 2.24) is 9.80 Å². The van der Waals surface area contributed by atoms with Crippen LogP contribution in [-0.4, -0.2) is 66.7 Å². The molecular formula is C16H28N2O4S. The van der Waals surface area contributed by atoms with Crippen molar-refractivity contribution >= 4 is 21.7 Å². The molecule has 0 spiro atoms. The second-order valence-corrected chi connectivity index (χ2v) is 8.89. The summed E-state index contributed by atoms with van der Waals surface area (Å²) >= 11 is 0. The molecule has 2 fully saturated rings. The Bertz CT molecular complexity index is 546. The van der Waals surface area contributed by atoms with Crippen LogP contribution in [0.4, 0.5) is 0 Å². The molecular weight excluding hydrogens is 316 g/mol. The van der Waals surface area contributed by atoms with Gasteiger partial charge in [-0.1, -0.05) is 6.92 Å². The Hall–Kier alpha value is -1.11. The molecule has 0 bridgehead atoms. The van der Waals surface area contributed by atoms with E-state index >= 15 is 0 Å². The van der Waals surface area contributed by atoms with E-state index in [1.807, 2.05) is 4.90 Å². The van der Waals surface area contributed by atoms with E-state index in [4.69, 9.17) is 0 Å². The molecule has 7 heteroatoms. The van der Waals surface area contributed by atoms with Crippen molar-refractivity contribution < 1.29 is 18.0 Å². The lowest BCUT2D eigenvalue weighted by atomic mass is 9.99. The molecule has 2 rings (SSSR count). The average Bonchev–Trinajstić information content (AvgIpc) is 2.86. The summed E-state index contributed by atoms with van der Waals surface area (Å²) in [5.41, 5.74) is 0. The van der Waals surface area contributed by atoms with E-state index in [1.54, 1.807) is 4.90 Å².